The highest BCUT2D eigenvalue weighted by Crippen LogP contribution is 2.19. The molecule has 2 aromatic rings. The molecule has 0 aromatic carbocycles. The maximum Gasteiger partial charge on any atom is 0.0596 e. The smallest absolute Gasteiger partial charge is 0.0596 e. The Bertz CT molecular complexity index is 548. The first-order valence-corrected chi connectivity index (χ1v) is 7.81. The molecule has 0 spiro atoms. The second kappa shape index (κ2) is 6.99. The molecule has 1 atom stereocenters. The number of nitrogens with one attached hydrogen (secondary N) is 1. The highest BCUT2D eigenvalue weighted by molar-refractivity contribution is 9.10. The second-order valence-electron chi connectivity index (χ2n) is 4.81. The van der Waals surface area contributed by atoms with Crippen LogP contribution in [0.4, 0.5) is 0 Å². The number of hydrogen-bond acceptors (Lipinski definition) is 3. The molecule has 2 heterocycles. The van der Waals surface area contributed by atoms with Gasteiger partial charge in [0.25, 0.3) is 0 Å². The van der Waals surface area contributed by atoms with Gasteiger partial charge in [-0.1, -0.05) is 6.92 Å². The standard InChI is InChI=1S/C15H21BrN4/c1-4-17-15(14-7-6-12(16)10-18-14)9-13-8-11(3)19-20(13)5-2/h6-8,10,15,17H,4-5,9H2,1-3H3. The summed E-state index contributed by atoms with van der Waals surface area (Å²) in [5.74, 6) is 0. The maximum absolute atomic E-state index is 4.52. The van der Waals surface area contributed by atoms with E-state index >= 15 is 0 Å². The highest BCUT2D eigenvalue weighted by Gasteiger charge is 2.15. The van der Waals surface area contributed by atoms with Crippen molar-refractivity contribution in [3.63, 3.8) is 0 Å². The zero-order valence-corrected chi connectivity index (χ0v) is 13.8. The van der Waals surface area contributed by atoms with E-state index in [1.165, 1.54) is 5.69 Å². The summed E-state index contributed by atoms with van der Waals surface area (Å²) in [7, 11) is 0. The van der Waals surface area contributed by atoms with Crippen LogP contribution < -0.4 is 5.32 Å². The van der Waals surface area contributed by atoms with Gasteiger partial charge in [0, 0.05) is 29.3 Å². The van der Waals surface area contributed by atoms with Gasteiger partial charge in [0.2, 0.25) is 0 Å². The molecule has 0 amide bonds. The molecule has 108 valence electrons. The van der Waals surface area contributed by atoms with Crippen LogP contribution in [-0.2, 0) is 13.0 Å². The Morgan fingerprint density at radius 3 is 2.75 bits per heavy atom. The fourth-order valence-corrected chi connectivity index (χ4v) is 2.60. The molecule has 0 saturated carbocycles. The molecule has 2 rings (SSSR count). The van der Waals surface area contributed by atoms with Gasteiger partial charge in [-0.15, -0.1) is 0 Å². The van der Waals surface area contributed by atoms with Gasteiger partial charge in [-0.3, -0.25) is 9.67 Å². The molecule has 0 saturated heterocycles. The molecule has 0 radical (unpaired) electrons. The highest BCUT2D eigenvalue weighted by atomic mass is 79.9. The van der Waals surface area contributed by atoms with Crippen molar-refractivity contribution in [2.75, 3.05) is 6.54 Å². The van der Waals surface area contributed by atoms with Crippen LogP contribution in [0.1, 0.15) is 37.0 Å². The van der Waals surface area contributed by atoms with E-state index in [4.69, 9.17) is 0 Å². The van der Waals surface area contributed by atoms with Crippen molar-refractivity contribution in [2.45, 2.75) is 39.8 Å². The zero-order chi connectivity index (χ0) is 14.5. The summed E-state index contributed by atoms with van der Waals surface area (Å²) in [6.45, 7) is 8.09. The van der Waals surface area contributed by atoms with Crippen LogP contribution in [0.2, 0.25) is 0 Å². The molecule has 0 bridgehead atoms. The van der Waals surface area contributed by atoms with E-state index in [0.717, 1.165) is 35.4 Å². The monoisotopic (exact) mass is 336 g/mol. The Morgan fingerprint density at radius 1 is 1.35 bits per heavy atom. The third-order valence-corrected chi connectivity index (χ3v) is 3.73. The summed E-state index contributed by atoms with van der Waals surface area (Å²) in [5, 5.41) is 8.02. The molecule has 5 heteroatoms. The third-order valence-electron chi connectivity index (χ3n) is 3.26. The Morgan fingerprint density at radius 2 is 2.15 bits per heavy atom. The Hall–Kier alpha value is -1.20. The lowest BCUT2D eigenvalue weighted by atomic mass is 10.1. The predicted octanol–water partition coefficient (Wildman–Crippen LogP) is 3.26. The fourth-order valence-electron chi connectivity index (χ4n) is 2.37. The predicted molar refractivity (Wildman–Crippen MR) is 84.7 cm³/mol. The van der Waals surface area contributed by atoms with Crippen molar-refractivity contribution in [3.05, 3.63) is 46.0 Å². The van der Waals surface area contributed by atoms with E-state index in [1.54, 1.807) is 0 Å². The van der Waals surface area contributed by atoms with E-state index in [2.05, 4.69) is 62.0 Å². The normalized spacial score (nSPS) is 12.6. The first-order valence-electron chi connectivity index (χ1n) is 7.02. The van der Waals surface area contributed by atoms with Gasteiger partial charge in [0.05, 0.1) is 17.4 Å². The molecular weight excluding hydrogens is 316 g/mol. The number of likely N-dealkylation sites (N-methyl/N-ethyl adjacent to an activating group) is 1. The van der Waals surface area contributed by atoms with E-state index in [9.17, 15) is 0 Å². The summed E-state index contributed by atoms with van der Waals surface area (Å²) in [5.41, 5.74) is 3.39. The minimum atomic E-state index is 0.217. The summed E-state index contributed by atoms with van der Waals surface area (Å²) in [6.07, 6.45) is 2.75. The SMILES string of the molecule is CCNC(Cc1cc(C)nn1CC)c1ccc(Br)cn1. The lowest BCUT2D eigenvalue weighted by Crippen LogP contribution is -2.25. The van der Waals surface area contributed by atoms with Gasteiger partial charge in [0.1, 0.15) is 0 Å². The van der Waals surface area contributed by atoms with Crippen molar-refractivity contribution in [1.29, 1.82) is 0 Å². The van der Waals surface area contributed by atoms with Crippen LogP contribution in [0.15, 0.2) is 28.9 Å². The summed E-state index contributed by atoms with van der Waals surface area (Å²) in [4.78, 5) is 4.52. The van der Waals surface area contributed by atoms with Crippen LogP contribution in [0.25, 0.3) is 0 Å². The molecule has 0 fully saturated rings. The van der Waals surface area contributed by atoms with E-state index in [1.807, 2.05) is 19.2 Å². The Labute approximate surface area is 128 Å². The van der Waals surface area contributed by atoms with Gasteiger partial charge >= 0.3 is 0 Å². The molecule has 2 aromatic heterocycles. The number of hydrogen-bond donors (Lipinski definition) is 1. The molecule has 4 nitrogen and oxygen atoms in total. The number of halogens is 1. The van der Waals surface area contributed by atoms with Crippen molar-refractivity contribution >= 4 is 15.9 Å². The fraction of sp³-hybridized carbons (Fsp3) is 0.467. The third kappa shape index (κ3) is 3.67. The van der Waals surface area contributed by atoms with Crippen molar-refractivity contribution < 1.29 is 0 Å². The summed E-state index contributed by atoms with van der Waals surface area (Å²) >= 11 is 3.43. The van der Waals surface area contributed by atoms with E-state index < -0.39 is 0 Å². The molecule has 20 heavy (non-hydrogen) atoms. The quantitative estimate of drug-likeness (QED) is 0.880. The minimum absolute atomic E-state index is 0.217. The van der Waals surface area contributed by atoms with Crippen LogP contribution in [0.3, 0.4) is 0 Å². The summed E-state index contributed by atoms with van der Waals surface area (Å²) < 4.78 is 3.07. The maximum atomic E-state index is 4.52. The van der Waals surface area contributed by atoms with E-state index in [0.29, 0.717) is 0 Å². The Kier molecular flexibility index (Phi) is 5.31. The number of aryl methyl sites for hydroxylation is 2. The van der Waals surface area contributed by atoms with Crippen LogP contribution >= 0.6 is 15.9 Å². The molecule has 0 aliphatic rings. The van der Waals surface area contributed by atoms with Gasteiger partial charge < -0.3 is 5.32 Å². The minimum Gasteiger partial charge on any atom is -0.309 e. The topological polar surface area (TPSA) is 42.7 Å². The first-order chi connectivity index (χ1) is 9.63. The average molecular weight is 337 g/mol. The first kappa shape index (κ1) is 15.2. The van der Waals surface area contributed by atoms with Crippen LogP contribution in [0.5, 0.6) is 0 Å². The van der Waals surface area contributed by atoms with Crippen molar-refractivity contribution in [1.82, 2.24) is 20.1 Å². The van der Waals surface area contributed by atoms with Crippen LogP contribution in [-0.4, -0.2) is 21.3 Å². The van der Waals surface area contributed by atoms with Gasteiger partial charge in [-0.2, -0.15) is 5.10 Å². The molecule has 0 aliphatic heterocycles. The molecular formula is C15H21BrN4. The average Bonchev–Trinajstić information content (AvgIpc) is 2.79. The number of pyridine rings is 1. The van der Waals surface area contributed by atoms with Gasteiger partial charge in [0.15, 0.2) is 0 Å². The largest absolute Gasteiger partial charge is 0.309 e. The lowest BCUT2D eigenvalue weighted by molar-refractivity contribution is 0.506. The van der Waals surface area contributed by atoms with E-state index in [-0.39, 0.29) is 6.04 Å². The van der Waals surface area contributed by atoms with Gasteiger partial charge in [-0.25, -0.2) is 0 Å². The number of aromatic nitrogens is 3. The molecule has 1 N–H and O–H groups in total. The van der Waals surface area contributed by atoms with Crippen LogP contribution in [0, 0.1) is 6.92 Å². The number of nitrogens with zero attached hydrogens (tertiary/aromatic N) is 3. The van der Waals surface area contributed by atoms with Crippen molar-refractivity contribution in [2.24, 2.45) is 0 Å². The van der Waals surface area contributed by atoms with Gasteiger partial charge in [-0.05, 0) is 54.5 Å². The number of rotatable bonds is 6. The summed E-state index contributed by atoms with van der Waals surface area (Å²) in [6, 6.07) is 6.48. The molecule has 1 unspecified atom stereocenters. The molecule has 0 aliphatic carbocycles. The second-order valence-corrected chi connectivity index (χ2v) is 5.72. The van der Waals surface area contributed by atoms with Crippen molar-refractivity contribution in [3.8, 4) is 0 Å². The lowest BCUT2D eigenvalue weighted by Gasteiger charge is -2.18. The Balaban J connectivity index is 2.22. The zero-order valence-electron chi connectivity index (χ0n) is 12.2.